The topological polar surface area (TPSA) is 73.2 Å². The predicted molar refractivity (Wildman–Crippen MR) is 84.1 cm³/mol. The first-order chi connectivity index (χ1) is 10.7. The lowest BCUT2D eigenvalue weighted by Gasteiger charge is -2.06. The molecule has 0 saturated heterocycles. The molecule has 0 aliphatic carbocycles. The summed E-state index contributed by atoms with van der Waals surface area (Å²) < 4.78 is 6.88. The van der Waals surface area contributed by atoms with E-state index in [2.05, 4.69) is 21.4 Å². The number of ether oxygens (including phenoxy) is 1. The molecule has 0 atom stereocenters. The molecule has 0 saturated carbocycles. The third-order valence-electron chi connectivity index (χ3n) is 3.18. The number of imidazole rings is 1. The summed E-state index contributed by atoms with van der Waals surface area (Å²) in [7, 11) is 0. The normalized spacial score (nSPS) is 10.2. The van der Waals surface area contributed by atoms with Crippen molar-refractivity contribution >= 4 is 11.9 Å². The maximum atomic E-state index is 11.6. The second-order valence-electron chi connectivity index (χ2n) is 5.04. The quantitative estimate of drug-likeness (QED) is 0.364. The number of aromatic nitrogens is 2. The first kappa shape index (κ1) is 17.9. The fraction of sp³-hybridized carbons (Fsp3) is 0.562. The van der Waals surface area contributed by atoms with E-state index in [1.54, 1.807) is 6.20 Å². The van der Waals surface area contributed by atoms with Crippen LogP contribution in [0.2, 0.25) is 0 Å². The van der Waals surface area contributed by atoms with E-state index in [4.69, 9.17) is 4.74 Å². The first-order valence-corrected chi connectivity index (χ1v) is 7.74. The molecule has 0 spiro atoms. The first-order valence-electron chi connectivity index (χ1n) is 7.74. The molecule has 1 rings (SSSR count). The van der Waals surface area contributed by atoms with E-state index in [1.807, 2.05) is 12.5 Å². The summed E-state index contributed by atoms with van der Waals surface area (Å²) in [6.45, 7) is 5.13. The lowest BCUT2D eigenvalue weighted by atomic mass is 10.1. The molecule has 1 aromatic heterocycles. The predicted octanol–water partition coefficient (Wildman–Crippen LogP) is 2.07. The molecule has 0 aromatic carbocycles. The molecule has 1 heterocycles. The number of rotatable bonds is 12. The number of aryl methyl sites for hydroxylation is 1. The van der Waals surface area contributed by atoms with Crippen molar-refractivity contribution < 1.29 is 14.3 Å². The van der Waals surface area contributed by atoms with Gasteiger partial charge in [0.2, 0.25) is 5.91 Å². The molecule has 1 amide bonds. The van der Waals surface area contributed by atoms with Gasteiger partial charge in [-0.15, -0.1) is 0 Å². The van der Waals surface area contributed by atoms with Crippen molar-refractivity contribution in [3.8, 4) is 0 Å². The Hall–Kier alpha value is -2.11. The number of nitrogens with zero attached hydrogens (tertiary/aromatic N) is 2. The van der Waals surface area contributed by atoms with E-state index in [1.165, 1.54) is 0 Å². The van der Waals surface area contributed by atoms with Crippen LogP contribution in [-0.2, 0) is 20.9 Å². The smallest absolute Gasteiger partial charge is 0.330 e. The molecule has 6 heteroatoms. The summed E-state index contributed by atoms with van der Waals surface area (Å²) in [5.41, 5.74) is 0. The van der Waals surface area contributed by atoms with Crippen LogP contribution in [-0.4, -0.2) is 34.6 Å². The Morgan fingerprint density at radius 3 is 2.77 bits per heavy atom. The Balaban J connectivity index is 1.86. The molecule has 0 radical (unpaired) electrons. The van der Waals surface area contributed by atoms with Crippen LogP contribution in [0.15, 0.2) is 31.4 Å². The minimum absolute atomic E-state index is 0.0599. The van der Waals surface area contributed by atoms with Crippen LogP contribution in [0.3, 0.4) is 0 Å². The van der Waals surface area contributed by atoms with Gasteiger partial charge in [-0.2, -0.15) is 0 Å². The van der Waals surface area contributed by atoms with Gasteiger partial charge in [0.05, 0.1) is 12.9 Å². The SMILES string of the molecule is C=CC(=O)OCCCNC(=O)CCCCCCn1ccnc1. The minimum atomic E-state index is -0.429. The highest BCUT2D eigenvalue weighted by atomic mass is 16.5. The summed E-state index contributed by atoms with van der Waals surface area (Å²) in [6, 6.07) is 0. The molecule has 1 N–H and O–H groups in total. The lowest BCUT2D eigenvalue weighted by molar-refractivity contribution is -0.137. The fourth-order valence-electron chi connectivity index (χ4n) is 1.97. The van der Waals surface area contributed by atoms with E-state index in [0.29, 0.717) is 26.0 Å². The second kappa shape index (κ2) is 11.5. The highest BCUT2D eigenvalue weighted by Crippen LogP contribution is 2.04. The van der Waals surface area contributed by atoms with Crippen LogP contribution >= 0.6 is 0 Å². The van der Waals surface area contributed by atoms with Crippen LogP contribution in [0.25, 0.3) is 0 Å². The number of esters is 1. The summed E-state index contributed by atoms with van der Waals surface area (Å²) in [5.74, 6) is -0.369. The number of hydrogen-bond donors (Lipinski definition) is 1. The Morgan fingerprint density at radius 1 is 1.23 bits per heavy atom. The molecule has 1 aromatic rings. The number of nitrogens with one attached hydrogen (secondary N) is 1. The molecule has 0 aliphatic heterocycles. The zero-order valence-electron chi connectivity index (χ0n) is 13.0. The van der Waals surface area contributed by atoms with E-state index >= 15 is 0 Å². The van der Waals surface area contributed by atoms with Crippen LogP contribution in [0.5, 0.6) is 0 Å². The molecule has 0 bridgehead atoms. The van der Waals surface area contributed by atoms with Crippen LogP contribution in [0.4, 0.5) is 0 Å². The van der Waals surface area contributed by atoms with Gasteiger partial charge in [-0.1, -0.05) is 19.4 Å². The molecule has 6 nitrogen and oxygen atoms in total. The van der Waals surface area contributed by atoms with E-state index in [9.17, 15) is 9.59 Å². The van der Waals surface area contributed by atoms with Crippen LogP contribution in [0, 0.1) is 0 Å². The van der Waals surface area contributed by atoms with Gasteiger partial charge in [0.25, 0.3) is 0 Å². The van der Waals surface area contributed by atoms with Gasteiger partial charge >= 0.3 is 5.97 Å². The van der Waals surface area contributed by atoms with Crippen molar-refractivity contribution in [3.63, 3.8) is 0 Å². The van der Waals surface area contributed by atoms with Crippen molar-refractivity contribution in [2.75, 3.05) is 13.2 Å². The molecule has 0 aliphatic rings. The molecular formula is C16H25N3O3. The summed E-state index contributed by atoms with van der Waals surface area (Å²) in [5, 5.41) is 2.82. The van der Waals surface area contributed by atoms with E-state index in [-0.39, 0.29) is 5.91 Å². The van der Waals surface area contributed by atoms with Crippen molar-refractivity contribution in [1.82, 2.24) is 14.9 Å². The third kappa shape index (κ3) is 8.94. The molecule has 0 unspecified atom stereocenters. The summed E-state index contributed by atoms with van der Waals surface area (Å²) in [4.78, 5) is 26.3. The average Bonchev–Trinajstić information content (AvgIpc) is 3.03. The van der Waals surface area contributed by atoms with Gasteiger partial charge in [0.15, 0.2) is 0 Å². The summed E-state index contributed by atoms with van der Waals surface area (Å²) in [6.07, 6.45) is 12.0. The van der Waals surface area contributed by atoms with Crippen molar-refractivity contribution in [1.29, 1.82) is 0 Å². The molecule has 0 fully saturated rings. The maximum Gasteiger partial charge on any atom is 0.330 e. The maximum absolute atomic E-state index is 11.6. The summed E-state index contributed by atoms with van der Waals surface area (Å²) >= 11 is 0. The Bertz CT molecular complexity index is 443. The van der Waals surface area contributed by atoms with Gasteiger partial charge in [0.1, 0.15) is 0 Å². The van der Waals surface area contributed by atoms with Crippen molar-refractivity contribution in [2.45, 2.75) is 45.1 Å². The number of carbonyl (C=O) groups is 2. The third-order valence-corrected chi connectivity index (χ3v) is 3.18. The van der Waals surface area contributed by atoms with E-state index < -0.39 is 5.97 Å². The van der Waals surface area contributed by atoms with Crippen molar-refractivity contribution in [3.05, 3.63) is 31.4 Å². The zero-order chi connectivity index (χ0) is 16.0. The molecule has 122 valence electrons. The van der Waals surface area contributed by atoms with Gasteiger partial charge in [-0.05, 0) is 19.3 Å². The fourth-order valence-corrected chi connectivity index (χ4v) is 1.97. The number of hydrogen-bond acceptors (Lipinski definition) is 4. The number of carbonyl (C=O) groups excluding carboxylic acids is 2. The highest BCUT2D eigenvalue weighted by Gasteiger charge is 2.01. The van der Waals surface area contributed by atoms with Gasteiger partial charge in [-0.3, -0.25) is 4.79 Å². The van der Waals surface area contributed by atoms with E-state index in [0.717, 1.165) is 38.3 Å². The Morgan fingerprint density at radius 2 is 2.05 bits per heavy atom. The minimum Gasteiger partial charge on any atom is -0.462 e. The number of amides is 1. The Labute approximate surface area is 131 Å². The molecular weight excluding hydrogens is 282 g/mol. The monoisotopic (exact) mass is 307 g/mol. The van der Waals surface area contributed by atoms with Crippen LogP contribution in [0.1, 0.15) is 38.5 Å². The van der Waals surface area contributed by atoms with Gasteiger partial charge < -0.3 is 14.6 Å². The Kier molecular flexibility index (Phi) is 9.41. The van der Waals surface area contributed by atoms with Crippen molar-refractivity contribution in [2.24, 2.45) is 0 Å². The largest absolute Gasteiger partial charge is 0.462 e. The average molecular weight is 307 g/mol. The highest BCUT2D eigenvalue weighted by molar-refractivity contribution is 5.81. The standard InChI is InChI=1S/C16H25N3O3/c1-2-16(21)22-13-7-9-18-15(20)8-5-3-4-6-11-19-12-10-17-14-19/h2,10,12,14H,1,3-9,11,13H2,(H,18,20). The second-order valence-corrected chi connectivity index (χ2v) is 5.04. The van der Waals surface area contributed by atoms with Gasteiger partial charge in [-0.25, -0.2) is 9.78 Å². The molecule has 22 heavy (non-hydrogen) atoms. The number of unbranched alkanes of at least 4 members (excludes halogenated alkanes) is 3. The van der Waals surface area contributed by atoms with Gasteiger partial charge in [0, 0.05) is 38.0 Å². The zero-order valence-corrected chi connectivity index (χ0v) is 13.0. The lowest BCUT2D eigenvalue weighted by Crippen LogP contribution is -2.25. The van der Waals surface area contributed by atoms with Crippen LogP contribution < -0.4 is 5.32 Å².